The van der Waals surface area contributed by atoms with Gasteiger partial charge in [0.15, 0.2) is 0 Å². The lowest BCUT2D eigenvalue weighted by molar-refractivity contribution is -0.137. The third-order valence-corrected chi connectivity index (χ3v) is 3.13. The standard InChI is InChI=1S/C17H16F3NO2/c1-12(21-22)10-13-4-8-16(9-5-13)23-11-14-2-6-15(7-3-14)17(18,19)20/h2-10,21-22H,11H2,1H3. The lowest BCUT2D eigenvalue weighted by Crippen LogP contribution is -2.05. The van der Waals surface area contributed by atoms with Gasteiger partial charge in [0.05, 0.1) is 5.56 Å². The normalized spacial score (nSPS) is 12.1. The molecule has 3 nitrogen and oxygen atoms in total. The first-order valence-corrected chi connectivity index (χ1v) is 6.86. The van der Waals surface area contributed by atoms with Crippen molar-refractivity contribution in [1.82, 2.24) is 5.48 Å². The third kappa shape index (κ3) is 5.03. The molecule has 0 aliphatic heterocycles. The van der Waals surface area contributed by atoms with Crippen LogP contribution in [-0.2, 0) is 12.8 Å². The number of hydroxylamine groups is 1. The summed E-state index contributed by atoms with van der Waals surface area (Å²) in [6.07, 6.45) is -2.58. The van der Waals surface area contributed by atoms with Crippen LogP contribution in [0.2, 0.25) is 0 Å². The number of hydrogen-bond acceptors (Lipinski definition) is 3. The van der Waals surface area contributed by atoms with Gasteiger partial charge in [-0.2, -0.15) is 13.2 Å². The molecule has 0 fully saturated rings. The molecule has 2 aromatic carbocycles. The smallest absolute Gasteiger partial charge is 0.416 e. The van der Waals surface area contributed by atoms with Crippen molar-refractivity contribution in [3.05, 3.63) is 70.9 Å². The molecule has 0 unspecified atom stereocenters. The molecule has 0 atom stereocenters. The molecule has 0 amide bonds. The van der Waals surface area contributed by atoms with Gasteiger partial charge in [-0.3, -0.25) is 10.7 Å². The van der Waals surface area contributed by atoms with E-state index in [4.69, 9.17) is 9.94 Å². The Balaban J connectivity index is 1.96. The zero-order chi connectivity index (χ0) is 16.9. The first-order valence-electron chi connectivity index (χ1n) is 6.86. The molecular formula is C17H16F3NO2. The van der Waals surface area contributed by atoms with E-state index in [-0.39, 0.29) is 6.61 Å². The predicted octanol–water partition coefficient (Wildman–Crippen LogP) is 4.62. The number of halogens is 3. The van der Waals surface area contributed by atoms with Crippen LogP contribution in [0.4, 0.5) is 13.2 Å². The van der Waals surface area contributed by atoms with Gasteiger partial charge in [-0.15, -0.1) is 0 Å². The van der Waals surface area contributed by atoms with Crippen molar-refractivity contribution in [2.24, 2.45) is 0 Å². The molecule has 0 bridgehead atoms. The second kappa shape index (κ2) is 7.19. The fourth-order valence-electron chi connectivity index (χ4n) is 1.90. The quantitative estimate of drug-likeness (QED) is 0.789. The minimum atomic E-state index is -4.33. The van der Waals surface area contributed by atoms with Crippen molar-refractivity contribution < 1.29 is 23.1 Å². The third-order valence-electron chi connectivity index (χ3n) is 3.13. The van der Waals surface area contributed by atoms with E-state index in [0.717, 1.165) is 17.7 Å². The van der Waals surface area contributed by atoms with Crippen LogP contribution in [0.15, 0.2) is 54.2 Å². The highest BCUT2D eigenvalue weighted by Crippen LogP contribution is 2.29. The summed E-state index contributed by atoms with van der Waals surface area (Å²) in [4.78, 5) is 0. The highest BCUT2D eigenvalue weighted by Gasteiger charge is 2.29. The monoisotopic (exact) mass is 323 g/mol. The summed E-state index contributed by atoms with van der Waals surface area (Å²) >= 11 is 0. The van der Waals surface area contributed by atoms with Gasteiger partial charge in [0.25, 0.3) is 0 Å². The molecule has 0 spiro atoms. The molecule has 0 aromatic heterocycles. The number of benzene rings is 2. The second-order valence-electron chi connectivity index (χ2n) is 4.99. The van der Waals surface area contributed by atoms with E-state index in [2.05, 4.69) is 0 Å². The van der Waals surface area contributed by atoms with E-state index in [9.17, 15) is 13.2 Å². The van der Waals surface area contributed by atoms with Crippen molar-refractivity contribution in [3.63, 3.8) is 0 Å². The maximum Gasteiger partial charge on any atom is 0.416 e. The van der Waals surface area contributed by atoms with E-state index < -0.39 is 11.7 Å². The van der Waals surface area contributed by atoms with E-state index in [0.29, 0.717) is 17.0 Å². The highest BCUT2D eigenvalue weighted by atomic mass is 19.4. The molecule has 23 heavy (non-hydrogen) atoms. The molecule has 6 heteroatoms. The van der Waals surface area contributed by atoms with Crippen molar-refractivity contribution in [2.45, 2.75) is 19.7 Å². The number of allylic oxidation sites excluding steroid dienone is 1. The second-order valence-corrected chi connectivity index (χ2v) is 4.99. The lowest BCUT2D eigenvalue weighted by atomic mass is 10.1. The van der Waals surface area contributed by atoms with Crippen molar-refractivity contribution in [2.75, 3.05) is 0 Å². The van der Waals surface area contributed by atoms with E-state index >= 15 is 0 Å². The van der Waals surface area contributed by atoms with Gasteiger partial charge >= 0.3 is 6.18 Å². The fourth-order valence-corrected chi connectivity index (χ4v) is 1.90. The minimum absolute atomic E-state index is 0.185. The summed E-state index contributed by atoms with van der Waals surface area (Å²) in [5.41, 5.74) is 3.50. The Hall–Kier alpha value is -2.47. The molecule has 0 aliphatic rings. The molecule has 0 heterocycles. The molecule has 2 N–H and O–H groups in total. The molecule has 122 valence electrons. The molecule has 2 rings (SSSR count). The zero-order valence-corrected chi connectivity index (χ0v) is 12.4. The predicted molar refractivity (Wildman–Crippen MR) is 80.8 cm³/mol. The topological polar surface area (TPSA) is 41.5 Å². The average Bonchev–Trinajstić information content (AvgIpc) is 2.53. The summed E-state index contributed by atoms with van der Waals surface area (Å²) in [5, 5.41) is 8.72. The lowest BCUT2D eigenvalue weighted by Gasteiger charge is -2.09. The van der Waals surface area contributed by atoms with Crippen molar-refractivity contribution in [3.8, 4) is 5.75 Å². The maximum absolute atomic E-state index is 12.5. The summed E-state index contributed by atoms with van der Waals surface area (Å²) in [6.45, 7) is 1.90. The molecule has 0 saturated carbocycles. The van der Waals surface area contributed by atoms with Gasteiger partial charge in [-0.25, -0.2) is 0 Å². The number of rotatable bonds is 5. The highest BCUT2D eigenvalue weighted by molar-refractivity contribution is 5.52. The number of nitrogens with one attached hydrogen (secondary N) is 1. The van der Waals surface area contributed by atoms with Crippen LogP contribution in [0.5, 0.6) is 5.75 Å². The summed E-state index contributed by atoms with van der Waals surface area (Å²) in [5.74, 6) is 0.608. The Labute approximate surface area is 132 Å². The van der Waals surface area contributed by atoms with Crippen molar-refractivity contribution in [1.29, 1.82) is 0 Å². The van der Waals surface area contributed by atoms with Gasteiger partial charge < -0.3 is 4.74 Å². The fraction of sp³-hybridized carbons (Fsp3) is 0.176. The largest absolute Gasteiger partial charge is 0.489 e. The van der Waals surface area contributed by atoms with Crippen LogP contribution in [0.3, 0.4) is 0 Å². The van der Waals surface area contributed by atoms with Crippen LogP contribution in [0.1, 0.15) is 23.6 Å². The Kier molecular flexibility index (Phi) is 5.28. The van der Waals surface area contributed by atoms with E-state index in [1.165, 1.54) is 12.1 Å². The van der Waals surface area contributed by atoms with Gasteiger partial charge in [-0.05, 0) is 48.4 Å². The number of alkyl halides is 3. The van der Waals surface area contributed by atoms with E-state index in [1.54, 1.807) is 25.1 Å². The Bertz CT molecular complexity index is 662. The number of ether oxygens (including phenoxy) is 1. The van der Waals surface area contributed by atoms with Crippen LogP contribution >= 0.6 is 0 Å². The summed E-state index contributed by atoms with van der Waals surface area (Å²) in [6, 6.07) is 12.0. The van der Waals surface area contributed by atoms with Crippen LogP contribution in [0, 0.1) is 0 Å². The molecule has 0 aliphatic carbocycles. The van der Waals surface area contributed by atoms with E-state index in [1.807, 2.05) is 17.6 Å². The molecule has 2 aromatic rings. The Morgan fingerprint density at radius 1 is 1.09 bits per heavy atom. The van der Waals surface area contributed by atoms with Gasteiger partial charge in [0, 0.05) is 5.70 Å². The first-order chi connectivity index (χ1) is 10.9. The van der Waals surface area contributed by atoms with Gasteiger partial charge in [0.2, 0.25) is 0 Å². The van der Waals surface area contributed by atoms with Gasteiger partial charge in [0.1, 0.15) is 12.4 Å². The average molecular weight is 323 g/mol. The first kappa shape index (κ1) is 16.9. The summed E-state index contributed by atoms with van der Waals surface area (Å²) < 4.78 is 42.9. The van der Waals surface area contributed by atoms with Crippen LogP contribution in [-0.4, -0.2) is 5.21 Å². The van der Waals surface area contributed by atoms with Gasteiger partial charge in [-0.1, -0.05) is 24.3 Å². The minimum Gasteiger partial charge on any atom is -0.489 e. The molecule has 0 saturated heterocycles. The van der Waals surface area contributed by atoms with Crippen LogP contribution < -0.4 is 10.2 Å². The maximum atomic E-state index is 12.5. The number of hydrogen-bond donors (Lipinski definition) is 2. The SMILES string of the molecule is CC(=Cc1ccc(OCc2ccc(C(F)(F)F)cc2)cc1)NO. The van der Waals surface area contributed by atoms with Crippen LogP contribution in [0.25, 0.3) is 6.08 Å². The zero-order valence-electron chi connectivity index (χ0n) is 12.4. The summed E-state index contributed by atoms with van der Waals surface area (Å²) in [7, 11) is 0. The van der Waals surface area contributed by atoms with Crippen molar-refractivity contribution >= 4 is 6.08 Å². The molecule has 0 radical (unpaired) electrons. The Morgan fingerprint density at radius 2 is 1.70 bits per heavy atom. The molecular weight excluding hydrogens is 307 g/mol. The Morgan fingerprint density at radius 3 is 2.22 bits per heavy atom.